The van der Waals surface area contributed by atoms with Crippen LogP contribution < -0.4 is 15.0 Å². The van der Waals surface area contributed by atoms with Gasteiger partial charge in [0.25, 0.3) is 11.8 Å². The minimum atomic E-state index is -0.398. The van der Waals surface area contributed by atoms with Crippen molar-refractivity contribution in [2.75, 3.05) is 16.8 Å². The van der Waals surface area contributed by atoms with E-state index in [2.05, 4.69) is 11.2 Å². The Morgan fingerprint density at radius 2 is 1.87 bits per heavy atom. The van der Waals surface area contributed by atoms with Gasteiger partial charge in [-0.3, -0.25) is 14.5 Å². The Hall–Kier alpha value is -4.45. The Morgan fingerprint density at radius 3 is 2.66 bits per heavy atom. The summed E-state index contributed by atoms with van der Waals surface area (Å²) in [6.07, 6.45) is 7.15. The molecule has 0 atom stereocenters. The highest BCUT2D eigenvalue weighted by molar-refractivity contribution is 8.27. The van der Waals surface area contributed by atoms with Crippen LogP contribution in [0.5, 0.6) is 5.75 Å². The van der Waals surface area contributed by atoms with Crippen LogP contribution in [0.3, 0.4) is 0 Å². The maximum atomic E-state index is 13.5. The lowest BCUT2D eigenvalue weighted by Gasteiger charge is -2.16. The lowest BCUT2D eigenvalue weighted by atomic mass is 10.0. The molecule has 0 unspecified atom stereocenters. The molecule has 4 aromatic carbocycles. The van der Waals surface area contributed by atoms with Crippen molar-refractivity contribution in [1.82, 2.24) is 0 Å². The summed E-state index contributed by atoms with van der Waals surface area (Å²) >= 11 is 6.72. The molecule has 0 saturated carbocycles. The van der Waals surface area contributed by atoms with E-state index in [1.165, 1.54) is 40.9 Å². The summed E-state index contributed by atoms with van der Waals surface area (Å²) in [5.74, 6) is 1.92. The van der Waals surface area contributed by atoms with Crippen LogP contribution >= 0.6 is 24.0 Å². The lowest BCUT2D eigenvalue weighted by Crippen LogP contribution is -2.27. The van der Waals surface area contributed by atoms with Gasteiger partial charge < -0.3 is 10.1 Å². The zero-order chi connectivity index (χ0) is 26.6. The van der Waals surface area contributed by atoms with Crippen molar-refractivity contribution in [3.8, 4) is 18.1 Å². The van der Waals surface area contributed by atoms with E-state index < -0.39 is 11.7 Å². The van der Waals surface area contributed by atoms with Gasteiger partial charge in [-0.25, -0.2) is 4.39 Å². The van der Waals surface area contributed by atoms with Crippen LogP contribution in [0.2, 0.25) is 0 Å². The number of ether oxygens (including phenoxy) is 1. The van der Waals surface area contributed by atoms with Crippen LogP contribution in [-0.2, 0) is 4.79 Å². The molecule has 5 rings (SSSR count). The van der Waals surface area contributed by atoms with Crippen LogP contribution in [0, 0.1) is 18.2 Å². The monoisotopic (exact) mass is 538 g/mol. The Morgan fingerprint density at radius 1 is 1.08 bits per heavy atom. The summed E-state index contributed by atoms with van der Waals surface area (Å²) < 4.78 is 19.3. The first kappa shape index (κ1) is 25.2. The number of thioether (sulfide) groups is 1. The average Bonchev–Trinajstić information content (AvgIpc) is 3.21. The van der Waals surface area contributed by atoms with Crippen molar-refractivity contribution in [3.63, 3.8) is 0 Å². The first-order chi connectivity index (χ1) is 18.4. The maximum Gasteiger partial charge on any atom is 0.270 e. The average molecular weight is 539 g/mol. The second kappa shape index (κ2) is 10.9. The minimum Gasteiger partial charge on any atom is -0.480 e. The van der Waals surface area contributed by atoms with Gasteiger partial charge in [0.05, 0.1) is 10.6 Å². The van der Waals surface area contributed by atoms with Gasteiger partial charge in [-0.1, -0.05) is 66.3 Å². The molecule has 1 fully saturated rings. The molecule has 0 radical (unpaired) electrons. The molecule has 1 aliphatic heterocycles. The molecule has 0 bridgehead atoms. The first-order valence-corrected chi connectivity index (χ1v) is 12.7. The Balaban J connectivity index is 1.45. The smallest absolute Gasteiger partial charge is 0.270 e. The normalized spacial score (nSPS) is 14.1. The Kier molecular flexibility index (Phi) is 7.22. The van der Waals surface area contributed by atoms with Gasteiger partial charge in [-0.15, -0.1) is 6.42 Å². The van der Waals surface area contributed by atoms with Crippen LogP contribution in [0.15, 0.2) is 89.8 Å². The molecular weight excluding hydrogens is 519 g/mol. The van der Waals surface area contributed by atoms with Gasteiger partial charge in [0.1, 0.15) is 18.2 Å². The van der Waals surface area contributed by atoms with Crippen molar-refractivity contribution in [2.24, 2.45) is 0 Å². The maximum absolute atomic E-state index is 13.5. The van der Waals surface area contributed by atoms with E-state index in [0.717, 1.165) is 16.3 Å². The van der Waals surface area contributed by atoms with E-state index in [4.69, 9.17) is 23.4 Å². The summed E-state index contributed by atoms with van der Waals surface area (Å²) in [7, 11) is 0. The SMILES string of the molecule is C#CCOc1ccc2ccccc2c1/C=C1/SC(=S)N(c2cccc(C(=O)Nc3ccc(F)cc3)c2)C1=O. The highest BCUT2D eigenvalue weighted by Gasteiger charge is 2.34. The number of thiocarbonyl (C=S) groups is 1. The van der Waals surface area contributed by atoms with Crippen molar-refractivity contribution < 1.29 is 18.7 Å². The summed E-state index contributed by atoms with van der Waals surface area (Å²) in [5.41, 5.74) is 1.97. The molecule has 8 heteroatoms. The zero-order valence-corrected chi connectivity index (χ0v) is 21.4. The molecule has 1 saturated heterocycles. The number of halogens is 1. The fourth-order valence-corrected chi connectivity index (χ4v) is 5.29. The molecule has 5 nitrogen and oxygen atoms in total. The lowest BCUT2D eigenvalue weighted by molar-refractivity contribution is -0.113. The number of amides is 2. The Bertz CT molecular complexity index is 1660. The van der Waals surface area contributed by atoms with Crippen LogP contribution in [0.4, 0.5) is 15.8 Å². The third-order valence-electron chi connectivity index (χ3n) is 5.78. The van der Waals surface area contributed by atoms with E-state index in [9.17, 15) is 14.0 Å². The second-order valence-electron chi connectivity index (χ2n) is 8.22. The number of carbonyl (C=O) groups excluding carboxylic acids is 2. The van der Waals surface area contributed by atoms with Gasteiger partial charge in [0, 0.05) is 16.8 Å². The van der Waals surface area contributed by atoms with Crippen LogP contribution in [-0.4, -0.2) is 22.7 Å². The number of rotatable bonds is 6. The quantitative estimate of drug-likeness (QED) is 0.169. The Labute approximate surface area is 228 Å². The third-order valence-corrected chi connectivity index (χ3v) is 7.08. The van der Waals surface area contributed by atoms with Gasteiger partial charge in [-0.05, 0) is 65.4 Å². The van der Waals surface area contributed by atoms with Crippen molar-refractivity contribution in [2.45, 2.75) is 0 Å². The summed E-state index contributed by atoms with van der Waals surface area (Å²) in [6, 6.07) is 23.6. The molecule has 1 aliphatic rings. The zero-order valence-electron chi connectivity index (χ0n) is 19.8. The van der Waals surface area contributed by atoms with Gasteiger partial charge in [-0.2, -0.15) is 0 Å². The minimum absolute atomic E-state index is 0.0902. The number of fused-ring (bicyclic) bond motifs is 1. The molecule has 1 N–H and O–H groups in total. The molecule has 0 spiro atoms. The van der Waals surface area contributed by atoms with Crippen molar-refractivity contribution >= 4 is 68.3 Å². The number of carbonyl (C=O) groups is 2. The van der Waals surface area contributed by atoms with Crippen molar-refractivity contribution in [1.29, 1.82) is 0 Å². The number of hydrogen-bond donors (Lipinski definition) is 1. The molecule has 186 valence electrons. The molecule has 2 amide bonds. The molecule has 4 aromatic rings. The highest BCUT2D eigenvalue weighted by atomic mass is 32.2. The topological polar surface area (TPSA) is 58.6 Å². The first-order valence-electron chi connectivity index (χ1n) is 11.5. The molecular formula is C30H19FN2O3S2. The number of nitrogens with one attached hydrogen (secondary N) is 1. The molecule has 0 aliphatic carbocycles. The molecule has 1 heterocycles. The predicted molar refractivity (Wildman–Crippen MR) is 155 cm³/mol. The standard InChI is InChI=1S/C30H19FN2O3S2/c1-2-16-36-26-15-10-19-6-3-4-9-24(19)25(26)18-27-29(35)33(30(37)38-27)23-8-5-7-20(17-23)28(34)32-22-13-11-21(31)12-14-22/h1,3-15,17-18H,16H2,(H,32,34)/b27-18+. The second-order valence-corrected chi connectivity index (χ2v) is 9.90. The fraction of sp³-hybridized carbons (Fsp3) is 0.0333. The fourth-order valence-electron chi connectivity index (χ4n) is 4.01. The number of nitrogens with zero attached hydrogens (tertiary/aromatic N) is 1. The predicted octanol–water partition coefficient (Wildman–Crippen LogP) is 6.65. The summed E-state index contributed by atoms with van der Waals surface area (Å²) in [4.78, 5) is 28.1. The number of benzene rings is 4. The summed E-state index contributed by atoms with van der Waals surface area (Å²) in [5, 5.41) is 4.62. The van der Waals surface area contributed by atoms with Crippen molar-refractivity contribution in [3.05, 3.63) is 107 Å². The van der Waals surface area contributed by atoms with E-state index in [1.54, 1.807) is 30.3 Å². The number of anilines is 2. The van der Waals surface area contributed by atoms with Gasteiger partial charge in [0.15, 0.2) is 4.32 Å². The largest absolute Gasteiger partial charge is 0.480 e. The molecule has 0 aromatic heterocycles. The molecule has 38 heavy (non-hydrogen) atoms. The highest BCUT2D eigenvalue weighted by Crippen LogP contribution is 2.39. The van der Waals surface area contributed by atoms with Crippen LogP contribution in [0.1, 0.15) is 15.9 Å². The van der Waals surface area contributed by atoms with E-state index in [-0.39, 0.29) is 12.5 Å². The van der Waals surface area contributed by atoms with Gasteiger partial charge in [0.2, 0.25) is 0 Å². The van der Waals surface area contributed by atoms with Gasteiger partial charge >= 0.3 is 0 Å². The number of hydrogen-bond acceptors (Lipinski definition) is 5. The van der Waals surface area contributed by atoms with E-state index in [0.29, 0.717) is 31.9 Å². The third kappa shape index (κ3) is 5.16. The van der Waals surface area contributed by atoms with E-state index >= 15 is 0 Å². The van der Waals surface area contributed by atoms with E-state index in [1.807, 2.05) is 36.4 Å². The number of terminal acetylenes is 1. The van der Waals surface area contributed by atoms with Crippen LogP contribution in [0.25, 0.3) is 16.8 Å². The summed E-state index contributed by atoms with van der Waals surface area (Å²) in [6.45, 7) is 0.0902.